The summed E-state index contributed by atoms with van der Waals surface area (Å²) in [5.41, 5.74) is 8.12. The summed E-state index contributed by atoms with van der Waals surface area (Å²) in [7, 11) is 1.75. The lowest BCUT2D eigenvalue weighted by molar-refractivity contribution is 0.408. The van der Waals surface area contributed by atoms with Gasteiger partial charge in [-0.2, -0.15) is 0 Å². The van der Waals surface area contributed by atoms with Gasteiger partial charge in [-0.25, -0.2) is 0 Å². The molecule has 130 valence electrons. The highest BCUT2D eigenvalue weighted by Crippen LogP contribution is 2.33. The van der Waals surface area contributed by atoms with Gasteiger partial charge < -0.3 is 4.74 Å². The maximum atomic E-state index is 5.51. The molecule has 0 atom stereocenters. The van der Waals surface area contributed by atoms with Gasteiger partial charge in [-0.3, -0.25) is 0 Å². The predicted octanol–water partition coefficient (Wildman–Crippen LogP) is 6.17. The van der Waals surface area contributed by atoms with E-state index in [-0.39, 0.29) is 0 Å². The van der Waals surface area contributed by atoms with Crippen molar-refractivity contribution in [3.63, 3.8) is 0 Å². The summed E-state index contributed by atoms with van der Waals surface area (Å²) in [6.45, 7) is 8.76. The molecule has 1 heterocycles. The van der Waals surface area contributed by atoms with E-state index >= 15 is 0 Å². The van der Waals surface area contributed by atoms with Gasteiger partial charge in [-0.05, 0) is 67.5 Å². The quantitative estimate of drug-likeness (QED) is 0.534. The SMILES string of the molecule is COc1c(C)cc(Cc2c(Cc3ccccc3)sc(C)c2C)cc1C. The molecular weight excluding hydrogens is 324 g/mol. The Morgan fingerprint density at radius 1 is 0.840 bits per heavy atom. The second kappa shape index (κ2) is 7.45. The summed E-state index contributed by atoms with van der Waals surface area (Å²) >= 11 is 1.95. The van der Waals surface area contributed by atoms with Crippen molar-refractivity contribution >= 4 is 11.3 Å². The average Bonchev–Trinajstić information content (AvgIpc) is 2.83. The van der Waals surface area contributed by atoms with Crippen LogP contribution in [-0.4, -0.2) is 7.11 Å². The molecule has 0 aliphatic rings. The highest BCUT2D eigenvalue weighted by molar-refractivity contribution is 7.12. The third kappa shape index (κ3) is 3.80. The minimum Gasteiger partial charge on any atom is -0.496 e. The molecule has 0 saturated heterocycles. The highest BCUT2D eigenvalue weighted by atomic mass is 32.1. The van der Waals surface area contributed by atoms with Crippen LogP contribution in [0, 0.1) is 27.7 Å². The lowest BCUT2D eigenvalue weighted by Crippen LogP contribution is -1.98. The Morgan fingerprint density at radius 2 is 1.48 bits per heavy atom. The fourth-order valence-corrected chi connectivity index (χ4v) is 4.80. The molecule has 1 aromatic heterocycles. The first kappa shape index (κ1) is 17.8. The summed E-state index contributed by atoms with van der Waals surface area (Å²) < 4.78 is 5.51. The zero-order valence-corrected chi connectivity index (χ0v) is 16.6. The van der Waals surface area contributed by atoms with Crippen molar-refractivity contribution in [2.45, 2.75) is 40.5 Å². The molecule has 0 bridgehead atoms. The first-order chi connectivity index (χ1) is 12.0. The monoisotopic (exact) mass is 350 g/mol. The molecule has 0 spiro atoms. The summed E-state index contributed by atoms with van der Waals surface area (Å²) in [6.07, 6.45) is 2.01. The van der Waals surface area contributed by atoms with Crippen LogP contribution in [0.2, 0.25) is 0 Å². The first-order valence-corrected chi connectivity index (χ1v) is 9.57. The zero-order valence-electron chi connectivity index (χ0n) is 15.8. The van der Waals surface area contributed by atoms with E-state index in [0.717, 1.165) is 18.6 Å². The van der Waals surface area contributed by atoms with Crippen molar-refractivity contribution in [2.24, 2.45) is 0 Å². The fourth-order valence-electron chi connectivity index (χ4n) is 3.57. The van der Waals surface area contributed by atoms with E-state index in [1.165, 1.54) is 43.1 Å². The molecule has 3 rings (SSSR count). The van der Waals surface area contributed by atoms with Crippen LogP contribution >= 0.6 is 11.3 Å². The second-order valence-corrected chi connectivity index (χ2v) is 8.10. The van der Waals surface area contributed by atoms with Crippen LogP contribution in [0.5, 0.6) is 5.75 Å². The highest BCUT2D eigenvalue weighted by Gasteiger charge is 2.15. The number of thiophene rings is 1. The lowest BCUT2D eigenvalue weighted by atomic mass is 9.96. The Hall–Kier alpha value is -2.06. The molecule has 0 N–H and O–H groups in total. The van der Waals surface area contributed by atoms with Crippen LogP contribution in [0.3, 0.4) is 0 Å². The van der Waals surface area contributed by atoms with Gasteiger partial charge in [0.2, 0.25) is 0 Å². The van der Waals surface area contributed by atoms with Crippen molar-refractivity contribution in [1.82, 2.24) is 0 Å². The maximum absolute atomic E-state index is 5.51. The van der Waals surface area contributed by atoms with Gasteiger partial charge in [-0.1, -0.05) is 42.5 Å². The number of benzene rings is 2. The molecule has 2 aromatic carbocycles. The first-order valence-electron chi connectivity index (χ1n) is 8.75. The number of aryl methyl sites for hydroxylation is 3. The zero-order chi connectivity index (χ0) is 18.0. The van der Waals surface area contributed by atoms with E-state index in [9.17, 15) is 0 Å². The normalized spacial score (nSPS) is 10.9. The summed E-state index contributed by atoms with van der Waals surface area (Å²) in [4.78, 5) is 2.93. The Balaban J connectivity index is 1.95. The number of rotatable bonds is 5. The van der Waals surface area contributed by atoms with Crippen molar-refractivity contribution in [3.05, 3.63) is 85.6 Å². The van der Waals surface area contributed by atoms with Crippen LogP contribution in [0.1, 0.15) is 43.1 Å². The average molecular weight is 351 g/mol. The Bertz CT molecular complexity index is 852. The Kier molecular flexibility index (Phi) is 5.29. The predicted molar refractivity (Wildman–Crippen MR) is 108 cm³/mol. The van der Waals surface area contributed by atoms with Crippen LogP contribution < -0.4 is 4.74 Å². The molecular formula is C23H26OS. The minimum atomic E-state index is 0.990. The molecule has 25 heavy (non-hydrogen) atoms. The van der Waals surface area contributed by atoms with Crippen LogP contribution in [0.25, 0.3) is 0 Å². The second-order valence-electron chi connectivity index (χ2n) is 6.79. The molecule has 0 saturated carbocycles. The van der Waals surface area contributed by atoms with Gasteiger partial charge in [0.05, 0.1) is 7.11 Å². The number of ether oxygens (including phenoxy) is 1. The van der Waals surface area contributed by atoms with Crippen LogP contribution in [0.4, 0.5) is 0 Å². The van der Waals surface area contributed by atoms with Crippen molar-refractivity contribution in [3.8, 4) is 5.75 Å². The summed E-state index contributed by atoms with van der Waals surface area (Å²) in [6, 6.07) is 15.3. The third-order valence-corrected chi connectivity index (χ3v) is 6.16. The molecule has 2 heteroatoms. The minimum absolute atomic E-state index is 0.990. The van der Waals surface area contributed by atoms with Gasteiger partial charge in [-0.15, -0.1) is 11.3 Å². The van der Waals surface area contributed by atoms with E-state index in [1.807, 2.05) is 11.3 Å². The topological polar surface area (TPSA) is 9.23 Å². The molecule has 0 aliphatic heterocycles. The summed E-state index contributed by atoms with van der Waals surface area (Å²) in [5, 5.41) is 0. The molecule has 1 nitrogen and oxygen atoms in total. The van der Waals surface area contributed by atoms with Gasteiger partial charge in [0.1, 0.15) is 5.75 Å². The van der Waals surface area contributed by atoms with Gasteiger partial charge in [0.15, 0.2) is 0 Å². The van der Waals surface area contributed by atoms with Crippen LogP contribution in [-0.2, 0) is 12.8 Å². The molecule has 0 amide bonds. The number of methoxy groups -OCH3 is 1. The van der Waals surface area contributed by atoms with Gasteiger partial charge in [0.25, 0.3) is 0 Å². The van der Waals surface area contributed by atoms with Crippen molar-refractivity contribution in [2.75, 3.05) is 7.11 Å². The lowest BCUT2D eigenvalue weighted by Gasteiger charge is -2.12. The van der Waals surface area contributed by atoms with E-state index in [1.54, 1.807) is 7.11 Å². The van der Waals surface area contributed by atoms with E-state index in [0.29, 0.717) is 0 Å². The number of hydrogen-bond donors (Lipinski definition) is 0. The fraction of sp³-hybridized carbons (Fsp3) is 0.304. The standard InChI is InChI=1S/C23H26OS/c1-15-11-20(12-16(2)23(15)24-5)13-21-17(3)18(4)25-22(21)14-19-9-7-6-8-10-19/h6-12H,13-14H2,1-5H3. The van der Waals surface area contributed by atoms with Crippen molar-refractivity contribution in [1.29, 1.82) is 0 Å². The van der Waals surface area contributed by atoms with E-state index in [4.69, 9.17) is 4.74 Å². The third-order valence-electron chi connectivity index (χ3n) is 4.91. The summed E-state index contributed by atoms with van der Waals surface area (Å²) in [5.74, 6) is 1.01. The molecule has 0 radical (unpaired) electrons. The van der Waals surface area contributed by atoms with Crippen molar-refractivity contribution < 1.29 is 4.74 Å². The number of hydrogen-bond acceptors (Lipinski definition) is 2. The Morgan fingerprint density at radius 3 is 2.08 bits per heavy atom. The van der Waals surface area contributed by atoms with E-state index < -0.39 is 0 Å². The van der Waals surface area contributed by atoms with Gasteiger partial charge in [0, 0.05) is 16.2 Å². The molecule has 3 aromatic rings. The molecule has 0 fully saturated rings. The molecule has 0 unspecified atom stereocenters. The van der Waals surface area contributed by atoms with Crippen LogP contribution in [0.15, 0.2) is 42.5 Å². The van der Waals surface area contributed by atoms with E-state index in [2.05, 4.69) is 70.2 Å². The smallest absolute Gasteiger partial charge is 0.124 e. The largest absolute Gasteiger partial charge is 0.496 e. The van der Waals surface area contributed by atoms with Gasteiger partial charge >= 0.3 is 0 Å². The maximum Gasteiger partial charge on any atom is 0.124 e. The Labute approximate surface area is 155 Å². The molecule has 0 aliphatic carbocycles.